The van der Waals surface area contributed by atoms with Gasteiger partial charge in [-0.05, 0) is 36.2 Å². The molecule has 0 radical (unpaired) electrons. The molecule has 144 valence electrons. The normalized spacial score (nSPS) is 13.2. The molecule has 0 bridgehead atoms. The van der Waals surface area contributed by atoms with Gasteiger partial charge < -0.3 is 23.9 Å². The number of carbonyl (C=O) groups is 1. The van der Waals surface area contributed by atoms with Crippen molar-refractivity contribution in [1.29, 1.82) is 0 Å². The van der Waals surface area contributed by atoms with Gasteiger partial charge in [-0.3, -0.25) is 4.79 Å². The van der Waals surface area contributed by atoms with E-state index in [1.54, 1.807) is 30.3 Å². The van der Waals surface area contributed by atoms with Gasteiger partial charge in [0.1, 0.15) is 18.1 Å². The van der Waals surface area contributed by atoms with Gasteiger partial charge in [-0.2, -0.15) is 0 Å². The van der Waals surface area contributed by atoms with Gasteiger partial charge in [0.25, 0.3) is 5.91 Å². The minimum Gasteiger partial charge on any atom is -0.486 e. The van der Waals surface area contributed by atoms with E-state index < -0.39 is 0 Å². The summed E-state index contributed by atoms with van der Waals surface area (Å²) in [7, 11) is 0. The highest BCUT2D eigenvalue weighted by molar-refractivity contribution is 5.91. The molecule has 2 aromatic carbocycles. The highest BCUT2D eigenvalue weighted by Gasteiger charge is 2.18. The van der Waals surface area contributed by atoms with Crippen LogP contribution in [0.1, 0.15) is 41.3 Å². The van der Waals surface area contributed by atoms with Gasteiger partial charge in [0, 0.05) is 6.07 Å². The Bertz CT molecular complexity index is 951. The van der Waals surface area contributed by atoms with Crippen molar-refractivity contribution in [2.75, 3.05) is 6.79 Å². The largest absolute Gasteiger partial charge is 0.486 e. The smallest absolute Gasteiger partial charge is 0.287 e. The third-order valence-electron chi connectivity index (χ3n) is 4.53. The van der Waals surface area contributed by atoms with Gasteiger partial charge in [-0.1, -0.05) is 37.3 Å². The molecule has 0 aliphatic carbocycles. The van der Waals surface area contributed by atoms with E-state index in [9.17, 15) is 4.79 Å². The predicted molar refractivity (Wildman–Crippen MR) is 103 cm³/mol. The quantitative estimate of drug-likeness (QED) is 0.656. The molecule has 1 amide bonds. The molecule has 0 saturated carbocycles. The summed E-state index contributed by atoms with van der Waals surface area (Å²) in [4.78, 5) is 12.5. The van der Waals surface area contributed by atoms with Crippen molar-refractivity contribution in [2.24, 2.45) is 0 Å². The number of nitrogens with one attached hydrogen (secondary N) is 1. The van der Waals surface area contributed by atoms with E-state index in [1.165, 1.54) is 0 Å². The number of benzene rings is 2. The second kappa shape index (κ2) is 8.08. The van der Waals surface area contributed by atoms with Gasteiger partial charge >= 0.3 is 0 Å². The fourth-order valence-corrected chi connectivity index (χ4v) is 3.03. The van der Waals surface area contributed by atoms with Crippen LogP contribution in [0.3, 0.4) is 0 Å². The number of amides is 1. The zero-order chi connectivity index (χ0) is 19.3. The Morgan fingerprint density at radius 1 is 1.07 bits per heavy atom. The second-order valence-corrected chi connectivity index (χ2v) is 6.41. The van der Waals surface area contributed by atoms with Crippen LogP contribution in [0.25, 0.3) is 0 Å². The fraction of sp³-hybridized carbons (Fsp3) is 0.227. The summed E-state index contributed by atoms with van der Waals surface area (Å²) in [5.41, 5.74) is 1.07. The SMILES string of the molecule is CCC(NC(=O)c1ccc(COc2ccc3c(c2)OCO3)o1)c1ccccc1. The van der Waals surface area contributed by atoms with E-state index in [0.717, 1.165) is 12.0 Å². The number of furan rings is 1. The van der Waals surface area contributed by atoms with Crippen molar-refractivity contribution in [3.63, 3.8) is 0 Å². The lowest BCUT2D eigenvalue weighted by molar-refractivity contribution is 0.0903. The molecule has 28 heavy (non-hydrogen) atoms. The molecule has 1 aliphatic heterocycles. The molecular formula is C22H21NO5. The maximum Gasteiger partial charge on any atom is 0.287 e. The van der Waals surface area contributed by atoms with Crippen LogP contribution in [0, 0.1) is 0 Å². The maximum absolute atomic E-state index is 12.5. The van der Waals surface area contributed by atoms with Crippen LogP contribution in [-0.2, 0) is 6.61 Å². The monoisotopic (exact) mass is 379 g/mol. The Kier molecular flexibility index (Phi) is 5.19. The number of carbonyl (C=O) groups excluding carboxylic acids is 1. The number of hydrogen-bond acceptors (Lipinski definition) is 5. The number of fused-ring (bicyclic) bond motifs is 1. The Morgan fingerprint density at radius 3 is 2.71 bits per heavy atom. The van der Waals surface area contributed by atoms with Gasteiger partial charge in [0.15, 0.2) is 17.3 Å². The standard InChI is InChI=1S/C22H21NO5/c1-2-18(15-6-4-3-5-7-15)23-22(24)20-11-9-17(28-20)13-25-16-8-10-19-21(12-16)27-14-26-19/h3-12,18H,2,13-14H2,1H3,(H,23,24). The van der Waals surface area contributed by atoms with E-state index >= 15 is 0 Å². The molecular weight excluding hydrogens is 358 g/mol. The topological polar surface area (TPSA) is 69.9 Å². The molecule has 1 aliphatic rings. The number of rotatable bonds is 7. The lowest BCUT2D eigenvalue weighted by Crippen LogP contribution is -2.27. The summed E-state index contributed by atoms with van der Waals surface area (Å²) in [5, 5.41) is 3.01. The molecule has 1 N–H and O–H groups in total. The summed E-state index contributed by atoms with van der Waals surface area (Å²) in [6.07, 6.45) is 0.788. The minimum atomic E-state index is -0.245. The molecule has 6 heteroatoms. The minimum absolute atomic E-state index is 0.0628. The van der Waals surface area contributed by atoms with Crippen LogP contribution in [0.15, 0.2) is 65.1 Å². The van der Waals surface area contributed by atoms with Crippen molar-refractivity contribution in [2.45, 2.75) is 26.0 Å². The first-order chi connectivity index (χ1) is 13.7. The Balaban J connectivity index is 1.36. The predicted octanol–water partition coefficient (Wildman–Crippen LogP) is 4.47. The Morgan fingerprint density at radius 2 is 1.89 bits per heavy atom. The number of hydrogen-bond donors (Lipinski definition) is 1. The van der Waals surface area contributed by atoms with Crippen molar-refractivity contribution >= 4 is 5.91 Å². The van der Waals surface area contributed by atoms with Gasteiger partial charge in [0.05, 0.1) is 6.04 Å². The summed E-state index contributed by atoms with van der Waals surface area (Å²) in [6, 6.07) is 18.6. The molecule has 3 aromatic rings. The molecule has 0 fully saturated rings. The van der Waals surface area contributed by atoms with Crippen molar-refractivity contribution in [3.8, 4) is 17.2 Å². The van der Waals surface area contributed by atoms with Crippen LogP contribution in [0.4, 0.5) is 0 Å². The zero-order valence-electron chi connectivity index (χ0n) is 15.5. The molecule has 0 saturated heterocycles. The molecule has 1 unspecified atom stereocenters. The molecule has 0 spiro atoms. The van der Waals surface area contributed by atoms with Gasteiger partial charge in [0.2, 0.25) is 6.79 Å². The molecule has 1 atom stereocenters. The van der Waals surface area contributed by atoms with Crippen LogP contribution in [0.2, 0.25) is 0 Å². The third kappa shape index (κ3) is 3.96. The van der Waals surface area contributed by atoms with Crippen molar-refractivity contribution < 1.29 is 23.4 Å². The van der Waals surface area contributed by atoms with E-state index in [1.807, 2.05) is 37.3 Å². The summed E-state index contributed by atoms with van der Waals surface area (Å²) in [5.74, 6) is 2.58. The first-order valence-electron chi connectivity index (χ1n) is 9.20. The average Bonchev–Trinajstić information content (AvgIpc) is 3.40. The van der Waals surface area contributed by atoms with Crippen LogP contribution in [0.5, 0.6) is 17.2 Å². The first kappa shape index (κ1) is 18.0. The van der Waals surface area contributed by atoms with Crippen molar-refractivity contribution in [3.05, 3.63) is 77.7 Å². The second-order valence-electron chi connectivity index (χ2n) is 6.41. The van der Waals surface area contributed by atoms with Crippen LogP contribution >= 0.6 is 0 Å². The van der Waals surface area contributed by atoms with E-state index in [2.05, 4.69) is 5.32 Å². The first-order valence-corrected chi connectivity index (χ1v) is 9.20. The third-order valence-corrected chi connectivity index (χ3v) is 4.53. The van der Waals surface area contributed by atoms with Crippen molar-refractivity contribution in [1.82, 2.24) is 5.32 Å². The van der Waals surface area contributed by atoms with E-state index in [4.69, 9.17) is 18.6 Å². The summed E-state index contributed by atoms with van der Waals surface area (Å²) < 4.78 is 22.0. The number of ether oxygens (including phenoxy) is 3. The lowest BCUT2D eigenvalue weighted by atomic mass is 10.0. The van der Waals surface area contributed by atoms with E-state index in [-0.39, 0.29) is 31.1 Å². The lowest BCUT2D eigenvalue weighted by Gasteiger charge is -2.16. The average molecular weight is 379 g/mol. The Labute approximate surface area is 163 Å². The van der Waals surface area contributed by atoms with Crippen LogP contribution < -0.4 is 19.5 Å². The highest BCUT2D eigenvalue weighted by atomic mass is 16.7. The highest BCUT2D eigenvalue weighted by Crippen LogP contribution is 2.35. The van der Waals surface area contributed by atoms with Gasteiger partial charge in [-0.15, -0.1) is 0 Å². The molecule has 1 aromatic heterocycles. The van der Waals surface area contributed by atoms with Crippen LogP contribution in [-0.4, -0.2) is 12.7 Å². The molecule has 2 heterocycles. The Hall–Kier alpha value is -3.41. The molecule has 4 rings (SSSR count). The maximum atomic E-state index is 12.5. The fourth-order valence-electron chi connectivity index (χ4n) is 3.03. The molecule has 6 nitrogen and oxygen atoms in total. The summed E-state index contributed by atoms with van der Waals surface area (Å²) in [6.45, 7) is 2.46. The van der Waals surface area contributed by atoms with E-state index in [0.29, 0.717) is 23.0 Å². The summed E-state index contributed by atoms with van der Waals surface area (Å²) >= 11 is 0. The zero-order valence-corrected chi connectivity index (χ0v) is 15.5. The van der Waals surface area contributed by atoms with Gasteiger partial charge in [-0.25, -0.2) is 0 Å².